The number of rotatable bonds is 5. The molecule has 1 saturated heterocycles. The maximum atomic E-state index is 12.1. The second-order valence-corrected chi connectivity index (χ2v) is 6.91. The number of amides is 3. The number of hydrogen-bond donors (Lipinski definition) is 2. The van der Waals surface area contributed by atoms with E-state index in [-0.39, 0.29) is 18.0 Å². The highest BCUT2D eigenvalue weighted by molar-refractivity contribution is 5.89. The molecule has 1 aromatic rings. The van der Waals surface area contributed by atoms with Gasteiger partial charge in [0.1, 0.15) is 0 Å². The molecule has 3 amide bonds. The SMILES string of the molecule is CCc1cccc(NC(=O)NC2CCN(C(=O)CC(C)C)CC2)c1. The normalized spacial score (nSPS) is 15.4. The number of piperidine rings is 1. The maximum absolute atomic E-state index is 12.1. The number of aryl methyl sites for hydroxylation is 1. The van der Waals surface area contributed by atoms with Crippen molar-refractivity contribution in [2.45, 2.75) is 52.5 Å². The lowest BCUT2D eigenvalue weighted by Crippen LogP contribution is -2.47. The van der Waals surface area contributed by atoms with Crippen molar-refractivity contribution in [3.05, 3.63) is 29.8 Å². The summed E-state index contributed by atoms with van der Waals surface area (Å²) in [5.74, 6) is 0.613. The molecule has 5 nitrogen and oxygen atoms in total. The van der Waals surface area contributed by atoms with Crippen LogP contribution >= 0.6 is 0 Å². The molecular weight excluding hydrogens is 302 g/mol. The molecule has 1 aliphatic heterocycles. The van der Waals surface area contributed by atoms with E-state index in [1.54, 1.807) is 0 Å². The predicted molar refractivity (Wildman–Crippen MR) is 97.0 cm³/mol. The van der Waals surface area contributed by atoms with Gasteiger partial charge in [0.15, 0.2) is 0 Å². The fraction of sp³-hybridized carbons (Fsp3) is 0.579. The Kier molecular flexibility index (Phi) is 6.64. The molecule has 2 N–H and O–H groups in total. The molecule has 0 bridgehead atoms. The Hall–Kier alpha value is -2.04. The zero-order chi connectivity index (χ0) is 17.5. The Bertz CT molecular complexity index is 563. The van der Waals surface area contributed by atoms with Gasteiger partial charge in [-0.2, -0.15) is 0 Å². The number of carbonyl (C=O) groups excluding carboxylic acids is 2. The first-order valence-electron chi connectivity index (χ1n) is 8.92. The van der Waals surface area contributed by atoms with E-state index in [1.807, 2.05) is 29.2 Å². The first-order chi connectivity index (χ1) is 11.5. The smallest absolute Gasteiger partial charge is 0.319 e. The highest BCUT2D eigenvalue weighted by Crippen LogP contribution is 2.15. The summed E-state index contributed by atoms with van der Waals surface area (Å²) in [7, 11) is 0. The Labute approximate surface area is 144 Å². The highest BCUT2D eigenvalue weighted by Gasteiger charge is 2.24. The molecule has 1 aliphatic rings. The third kappa shape index (κ3) is 5.55. The second-order valence-electron chi connectivity index (χ2n) is 6.91. The molecule has 132 valence electrons. The Balaban J connectivity index is 1.76. The third-order valence-corrected chi connectivity index (χ3v) is 4.36. The Morgan fingerprint density at radius 1 is 1.25 bits per heavy atom. The average Bonchev–Trinajstić information content (AvgIpc) is 2.55. The van der Waals surface area contributed by atoms with Gasteiger partial charge in [-0.15, -0.1) is 0 Å². The van der Waals surface area contributed by atoms with Gasteiger partial charge in [-0.25, -0.2) is 4.79 Å². The number of carbonyl (C=O) groups is 2. The number of benzene rings is 1. The largest absolute Gasteiger partial charge is 0.343 e. The minimum atomic E-state index is -0.171. The molecule has 1 fully saturated rings. The molecule has 0 aromatic heterocycles. The molecule has 0 atom stereocenters. The minimum absolute atomic E-state index is 0.127. The standard InChI is InChI=1S/C19H29N3O2/c1-4-15-6-5-7-17(13-15)21-19(24)20-16-8-10-22(11-9-16)18(23)12-14(2)3/h5-7,13-14,16H,4,8-12H2,1-3H3,(H2,20,21,24). The molecule has 2 rings (SSSR count). The summed E-state index contributed by atoms with van der Waals surface area (Å²) in [4.78, 5) is 26.1. The Morgan fingerprint density at radius 2 is 1.96 bits per heavy atom. The third-order valence-electron chi connectivity index (χ3n) is 4.36. The van der Waals surface area contributed by atoms with E-state index in [0.717, 1.165) is 38.0 Å². The van der Waals surface area contributed by atoms with Crippen molar-refractivity contribution in [1.82, 2.24) is 10.2 Å². The van der Waals surface area contributed by atoms with Crippen LogP contribution in [0.2, 0.25) is 0 Å². The number of anilines is 1. The number of likely N-dealkylation sites (tertiary alicyclic amines) is 1. The predicted octanol–water partition coefficient (Wildman–Crippen LogP) is 3.41. The number of hydrogen-bond acceptors (Lipinski definition) is 2. The van der Waals surface area contributed by atoms with Gasteiger partial charge >= 0.3 is 6.03 Å². The lowest BCUT2D eigenvalue weighted by atomic mass is 10.0. The molecule has 0 aliphatic carbocycles. The van der Waals surface area contributed by atoms with Crippen molar-refractivity contribution in [3.8, 4) is 0 Å². The number of nitrogens with one attached hydrogen (secondary N) is 2. The second kappa shape index (κ2) is 8.71. The molecule has 0 radical (unpaired) electrons. The van der Waals surface area contributed by atoms with Crippen LogP contribution in [0.15, 0.2) is 24.3 Å². The van der Waals surface area contributed by atoms with Crippen molar-refractivity contribution in [2.75, 3.05) is 18.4 Å². The van der Waals surface area contributed by atoms with Gasteiger partial charge in [0.05, 0.1) is 0 Å². The van der Waals surface area contributed by atoms with Crippen LogP contribution in [0, 0.1) is 5.92 Å². The van der Waals surface area contributed by atoms with Crippen LogP contribution in [0.1, 0.15) is 45.6 Å². The van der Waals surface area contributed by atoms with Crippen molar-refractivity contribution >= 4 is 17.6 Å². The molecule has 5 heteroatoms. The van der Waals surface area contributed by atoms with E-state index in [4.69, 9.17) is 0 Å². The molecule has 0 saturated carbocycles. The zero-order valence-corrected chi connectivity index (χ0v) is 15.0. The molecule has 0 spiro atoms. The minimum Gasteiger partial charge on any atom is -0.343 e. The maximum Gasteiger partial charge on any atom is 0.319 e. The summed E-state index contributed by atoms with van der Waals surface area (Å²) in [6.07, 6.45) is 3.17. The molecule has 1 aromatic carbocycles. The molecular formula is C19H29N3O2. The summed E-state index contributed by atoms with van der Waals surface area (Å²) in [6.45, 7) is 7.66. The van der Waals surface area contributed by atoms with Crippen LogP contribution in [0.4, 0.5) is 10.5 Å². The van der Waals surface area contributed by atoms with Crippen molar-refractivity contribution in [2.24, 2.45) is 5.92 Å². The monoisotopic (exact) mass is 331 g/mol. The van der Waals surface area contributed by atoms with Crippen molar-refractivity contribution in [3.63, 3.8) is 0 Å². The first kappa shape index (κ1) is 18.3. The van der Waals surface area contributed by atoms with E-state index in [2.05, 4.69) is 31.4 Å². The molecule has 0 unspecified atom stereocenters. The van der Waals surface area contributed by atoms with Crippen LogP contribution in [-0.2, 0) is 11.2 Å². The number of urea groups is 1. The average molecular weight is 331 g/mol. The van der Waals surface area contributed by atoms with E-state index < -0.39 is 0 Å². The summed E-state index contributed by atoms with van der Waals surface area (Å²) in [6, 6.07) is 7.84. The topological polar surface area (TPSA) is 61.4 Å². The van der Waals surface area contributed by atoms with E-state index >= 15 is 0 Å². The summed E-state index contributed by atoms with van der Waals surface area (Å²) in [5, 5.41) is 5.91. The zero-order valence-electron chi connectivity index (χ0n) is 15.0. The quantitative estimate of drug-likeness (QED) is 0.868. The van der Waals surface area contributed by atoms with Crippen LogP contribution in [-0.4, -0.2) is 36.0 Å². The summed E-state index contributed by atoms with van der Waals surface area (Å²) < 4.78 is 0. The van der Waals surface area contributed by atoms with Gasteiger partial charge < -0.3 is 15.5 Å². The molecule has 24 heavy (non-hydrogen) atoms. The van der Waals surface area contributed by atoms with Gasteiger partial charge in [0.25, 0.3) is 0 Å². The number of nitrogens with zero attached hydrogens (tertiary/aromatic N) is 1. The lowest BCUT2D eigenvalue weighted by molar-refractivity contribution is -0.133. The van der Waals surface area contributed by atoms with Gasteiger partial charge in [0.2, 0.25) is 5.91 Å². The summed E-state index contributed by atoms with van der Waals surface area (Å²) >= 11 is 0. The summed E-state index contributed by atoms with van der Waals surface area (Å²) in [5.41, 5.74) is 2.01. The van der Waals surface area contributed by atoms with Gasteiger partial charge in [-0.05, 0) is 42.9 Å². The van der Waals surface area contributed by atoms with Crippen LogP contribution in [0.3, 0.4) is 0 Å². The van der Waals surface area contributed by atoms with Crippen molar-refractivity contribution in [1.29, 1.82) is 0 Å². The fourth-order valence-corrected chi connectivity index (χ4v) is 2.97. The van der Waals surface area contributed by atoms with Gasteiger partial charge in [-0.1, -0.05) is 32.9 Å². The van der Waals surface area contributed by atoms with Gasteiger partial charge in [0, 0.05) is 31.2 Å². The van der Waals surface area contributed by atoms with E-state index in [9.17, 15) is 9.59 Å². The van der Waals surface area contributed by atoms with Crippen LogP contribution in [0.25, 0.3) is 0 Å². The highest BCUT2D eigenvalue weighted by atomic mass is 16.2. The van der Waals surface area contributed by atoms with Crippen LogP contribution in [0.5, 0.6) is 0 Å². The van der Waals surface area contributed by atoms with Crippen molar-refractivity contribution < 1.29 is 9.59 Å². The Morgan fingerprint density at radius 3 is 2.58 bits per heavy atom. The van der Waals surface area contributed by atoms with E-state index in [0.29, 0.717) is 12.3 Å². The van der Waals surface area contributed by atoms with Gasteiger partial charge in [-0.3, -0.25) is 4.79 Å². The van der Waals surface area contributed by atoms with Crippen LogP contribution < -0.4 is 10.6 Å². The first-order valence-corrected chi connectivity index (χ1v) is 8.92. The molecule has 1 heterocycles. The fourth-order valence-electron chi connectivity index (χ4n) is 2.97. The van der Waals surface area contributed by atoms with E-state index in [1.165, 1.54) is 5.56 Å². The lowest BCUT2D eigenvalue weighted by Gasteiger charge is -2.32.